The maximum atomic E-state index is 5.71. The maximum Gasteiger partial charge on any atom is 0.184 e. The topological polar surface area (TPSA) is 31.0 Å². The third kappa shape index (κ3) is 7.60. The second kappa shape index (κ2) is 9.88. The van der Waals surface area contributed by atoms with Crippen molar-refractivity contribution >= 4 is 9.76 Å². The predicted octanol–water partition coefficient (Wildman–Crippen LogP) is 2.04. The van der Waals surface area contributed by atoms with Crippen LogP contribution in [0.1, 0.15) is 18.4 Å². The van der Waals surface area contributed by atoms with Crippen LogP contribution in [0.5, 0.6) is 0 Å². The van der Waals surface area contributed by atoms with Gasteiger partial charge in [-0.05, 0) is 24.8 Å². The van der Waals surface area contributed by atoms with Crippen LogP contribution in [0.4, 0.5) is 0 Å². The van der Waals surface area contributed by atoms with E-state index in [4.69, 9.17) is 13.9 Å². The lowest BCUT2D eigenvalue weighted by molar-refractivity contribution is 0.115. The molecular formula is C16H24O3Si. The van der Waals surface area contributed by atoms with Crippen molar-refractivity contribution < 1.29 is 13.9 Å². The van der Waals surface area contributed by atoms with Gasteiger partial charge in [-0.15, -0.1) is 0 Å². The summed E-state index contributed by atoms with van der Waals surface area (Å²) < 4.78 is 16.3. The molecule has 1 aromatic carbocycles. The minimum Gasteiger partial charge on any atom is -0.419 e. The normalized spacial score (nSPS) is 18.3. The Labute approximate surface area is 123 Å². The van der Waals surface area contributed by atoms with Crippen LogP contribution >= 0.6 is 0 Å². The van der Waals surface area contributed by atoms with E-state index >= 15 is 0 Å². The van der Waals surface area contributed by atoms with Gasteiger partial charge in [0.1, 0.15) is 6.10 Å². The molecule has 1 aromatic rings. The highest BCUT2D eigenvalue weighted by Gasteiger charge is 2.21. The number of unbranched alkanes of at least 4 members (excludes halogenated alkanes) is 1. The first-order chi connectivity index (χ1) is 9.95. The highest BCUT2D eigenvalue weighted by molar-refractivity contribution is 6.34. The van der Waals surface area contributed by atoms with E-state index in [1.54, 1.807) is 0 Å². The summed E-state index contributed by atoms with van der Waals surface area (Å²) in [6, 6.07) is 10.5. The van der Waals surface area contributed by atoms with Crippen LogP contribution in [-0.2, 0) is 20.3 Å². The summed E-state index contributed by atoms with van der Waals surface area (Å²) in [7, 11) is -0.488. The molecule has 2 rings (SSSR count). The van der Waals surface area contributed by atoms with Crippen LogP contribution in [0.25, 0.3) is 0 Å². The highest BCUT2D eigenvalue weighted by Crippen LogP contribution is 2.08. The summed E-state index contributed by atoms with van der Waals surface area (Å²) in [6.07, 6.45) is 5.79. The van der Waals surface area contributed by atoms with Crippen LogP contribution in [0.15, 0.2) is 42.1 Å². The van der Waals surface area contributed by atoms with Crippen molar-refractivity contribution in [2.75, 3.05) is 26.4 Å². The van der Waals surface area contributed by atoms with Crippen molar-refractivity contribution in [3.8, 4) is 0 Å². The van der Waals surface area contributed by atoms with Crippen molar-refractivity contribution in [3.05, 3.63) is 47.7 Å². The molecule has 0 aliphatic carbocycles. The third-order valence-electron chi connectivity index (χ3n) is 3.12. The number of rotatable bonds is 11. The van der Waals surface area contributed by atoms with Gasteiger partial charge in [0.15, 0.2) is 9.76 Å². The average Bonchev–Trinajstić information content (AvgIpc) is 3.30. The lowest BCUT2D eigenvalue weighted by Crippen LogP contribution is -2.02. The maximum absolute atomic E-state index is 5.71. The lowest BCUT2D eigenvalue weighted by atomic mass is 10.2. The van der Waals surface area contributed by atoms with Crippen LogP contribution in [0.3, 0.4) is 0 Å². The molecule has 20 heavy (non-hydrogen) atoms. The van der Waals surface area contributed by atoms with Gasteiger partial charge in [0.2, 0.25) is 0 Å². The standard InChI is InChI=1S/C16H24O3Si/c1-3-7-15(8-4-1)9-11-19-20-12-6-2-5-10-17-13-16-14-18-16/h1,3-4,6-8,12,16H,2,5,9-11,13-14,20H2. The molecule has 1 aliphatic heterocycles. The molecule has 110 valence electrons. The van der Waals surface area contributed by atoms with E-state index < -0.39 is 9.76 Å². The van der Waals surface area contributed by atoms with Crippen molar-refractivity contribution in [1.82, 2.24) is 0 Å². The second-order valence-electron chi connectivity index (χ2n) is 4.95. The van der Waals surface area contributed by atoms with Crippen molar-refractivity contribution in [2.45, 2.75) is 25.4 Å². The van der Waals surface area contributed by atoms with E-state index in [0.717, 1.165) is 45.7 Å². The Morgan fingerprint density at radius 1 is 1.25 bits per heavy atom. The van der Waals surface area contributed by atoms with E-state index in [1.165, 1.54) is 5.56 Å². The van der Waals surface area contributed by atoms with Gasteiger partial charge >= 0.3 is 0 Å². The molecule has 4 heteroatoms. The van der Waals surface area contributed by atoms with E-state index in [2.05, 4.69) is 36.0 Å². The van der Waals surface area contributed by atoms with Crippen molar-refractivity contribution in [1.29, 1.82) is 0 Å². The quantitative estimate of drug-likeness (QED) is 0.355. The smallest absolute Gasteiger partial charge is 0.184 e. The van der Waals surface area contributed by atoms with Gasteiger partial charge < -0.3 is 13.9 Å². The van der Waals surface area contributed by atoms with Crippen LogP contribution in [-0.4, -0.2) is 42.3 Å². The molecule has 0 saturated carbocycles. The summed E-state index contributed by atoms with van der Waals surface area (Å²) in [4.78, 5) is 0. The molecule has 1 unspecified atom stereocenters. The number of ether oxygens (including phenoxy) is 2. The zero-order valence-electron chi connectivity index (χ0n) is 12.0. The number of hydrogen-bond donors (Lipinski definition) is 0. The summed E-state index contributed by atoms with van der Waals surface area (Å²) in [5.74, 6) is 0. The first-order valence-corrected chi connectivity index (χ1v) is 8.80. The Balaban J connectivity index is 1.36. The molecule has 1 saturated heterocycles. The van der Waals surface area contributed by atoms with Gasteiger partial charge in [-0.25, -0.2) is 0 Å². The van der Waals surface area contributed by atoms with Gasteiger partial charge in [-0.2, -0.15) is 0 Å². The molecule has 1 fully saturated rings. The summed E-state index contributed by atoms with van der Waals surface area (Å²) in [6.45, 7) is 3.32. The zero-order valence-corrected chi connectivity index (χ0v) is 13.4. The lowest BCUT2D eigenvalue weighted by Gasteiger charge is -2.01. The fourth-order valence-corrected chi connectivity index (χ4v) is 2.67. The molecule has 0 bridgehead atoms. The zero-order chi connectivity index (χ0) is 13.9. The van der Waals surface area contributed by atoms with Gasteiger partial charge in [0.05, 0.1) is 13.2 Å². The van der Waals surface area contributed by atoms with Gasteiger partial charge in [0.25, 0.3) is 0 Å². The fraction of sp³-hybridized carbons (Fsp3) is 0.500. The van der Waals surface area contributed by atoms with Crippen LogP contribution in [0.2, 0.25) is 0 Å². The number of allylic oxidation sites excluding steroid dienone is 1. The third-order valence-corrected chi connectivity index (χ3v) is 4.17. The average molecular weight is 292 g/mol. The summed E-state index contributed by atoms with van der Waals surface area (Å²) in [5.41, 5.74) is 3.58. The molecule has 1 aliphatic rings. The molecule has 0 aromatic heterocycles. The highest BCUT2D eigenvalue weighted by atomic mass is 28.2. The molecule has 0 radical (unpaired) electrons. The molecular weight excluding hydrogens is 268 g/mol. The van der Waals surface area contributed by atoms with Crippen molar-refractivity contribution in [2.24, 2.45) is 0 Å². The Kier molecular flexibility index (Phi) is 7.63. The minimum absolute atomic E-state index is 0.385. The molecule has 1 heterocycles. The summed E-state index contributed by atoms with van der Waals surface area (Å²) in [5, 5.41) is 0. The molecule has 0 N–H and O–H groups in total. The Bertz CT molecular complexity index is 377. The minimum atomic E-state index is -0.488. The van der Waals surface area contributed by atoms with Gasteiger partial charge in [-0.1, -0.05) is 42.1 Å². The summed E-state index contributed by atoms with van der Waals surface area (Å²) >= 11 is 0. The second-order valence-corrected chi connectivity index (χ2v) is 6.17. The molecule has 0 amide bonds. The van der Waals surface area contributed by atoms with E-state index in [1.807, 2.05) is 6.07 Å². The van der Waals surface area contributed by atoms with E-state index in [9.17, 15) is 0 Å². The Hall–Kier alpha value is -0.943. The monoisotopic (exact) mass is 292 g/mol. The SMILES string of the molecule is C(=C[SiH2]OCCc1ccccc1)CCCOCC1CO1. The van der Waals surface area contributed by atoms with Crippen molar-refractivity contribution in [3.63, 3.8) is 0 Å². The van der Waals surface area contributed by atoms with E-state index in [-0.39, 0.29) is 0 Å². The predicted molar refractivity (Wildman–Crippen MR) is 83.6 cm³/mol. The molecule has 1 atom stereocenters. The van der Waals surface area contributed by atoms with Crippen LogP contribution < -0.4 is 0 Å². The first kappa shape index (κ1) is 15.4. The largest absolute Gasteiger partial charge is 0.419 e. The Morgan fingerprint density at radius 3 is 2.90 bits per heavy atom. The van der Waals surface area contributed by atoms with Gasteiger partial charge in [0, 0.05) is 13.2 Å². The van der Waals surface area contributed by atoms with E-state index in [0.29, 0.717) is 6.10 Å². The molecule has 0 spiro atoms. The number of epoxide rings is 1. The molecule has 3 nitrogen and oxygen atoms in total. The van der Waals surface area contributed by atoms with Crippen LogP contribution in [0, 0.1) is 0 Å². The Morgan fingerprint density at radius 2 is 2.10 bits per heavy atom. The number of hydrogen-bond acceptors (Lipinski definition) is 3. The van der Waals surface area contributed by atoms with Gasteiger partial charge in [-0.3, -0.25) is 0 Å². The first-order valence-electron chi connectivity index (χ1n) is 7.41. The fourth-order valence-electron chi connectivity index (χ4n) is 1.85. The number of benzene rings is 1.